The second kappa shape index (κ2) is 8.21. The van der Waals surface area contributed by atoms with Crippen LogP contribution >= 0.6 is 0 Å². The quantitative estimate of drug-likeness (QED) is 0.468. The molecule has 1 atom stereocenters. The fourth-order valence-electron chi connectivity index (χ4n) is 2.96. The van der Waals surface area contributed by atoms with Crippen molar-refractivity contribution in [1.29, 1.82) is 0 Å². The van der Waals surface area contributed by atoms with Crippen LogP contribution in [0.25, 0.3) is 0 Å². The fourth-order valence-corrected chi connectivity index (χ4v) is 2.96. The number of hydrogen-bond donors (Lipinski definition) is 1. The van der Waals surface area contributed by atoms with Crippen molar-refractivity contribution in [3.05, 3.63) is 33.9 Å². The Labute approximate surface area is 142 Å². The van der Waals surface area contributed by atoms with E-state index < -0.39 is 4.92 Å². The maximum atomic E-state index is 11.4. The van der Waals surface area contributed by atoms with Gasteiger partial charge in [-0.1, -0.05) is 13.8 Å². The van der Waals surface area contributed by atoms with Crippen molar-refractivity contribution in [2.75, 3.05) is 38.2 Å². The molecule has 0 bridgehead atoms. The number of hydrogen-bond acceptors (Lipinski definition) is 6. The Balaban J connectivity index is 2.13. The van der Waals surface area contributed by atoms with Crippen molar-refractivity contribution in [1.82, 2.24) is 4.90 Å². The summed E-state index contributed by atoms with van der Waals surface area (Å²) in [5, 5.41) is 14.5. The lowest BCUT2D eigenvalue weighted by molar-refractivity contribution is -0.384. The maximum absolute atomic E-state index is 11.4. The Bertz CT molecular complexity index is 597. The largest absolute Gasteiger partial charge is 0.379 e. The zero-order valence-electron chi connectivity index (χ0n) is 14.4. The SMILES string of the molecule is CC(=O)c1ccc(NC[C@H](C(C)C)N2CCOCC2)c([N+](=O)[O-])c1. The van der Waals surface area contributed by atoms with Gasteiger partial charge in [0.15, 0.2) is 5.78 Å². The molecule has 1 aromatic carbocycles. The van der Waals surface area contributed by atoms with E-state index in [-0.39, 0.29) is 17.5 Å². The average Bonchev–Trinajstić information content (AvgIpc) is 2.55. The number of nitro benzene ring substituents is 1. The van der Waals surface area contributed by atoms with E-state index in [1.807, 2.05) is 0 Å². The lowest BCUT2D eigenvalue weighted by Crippen LogP contribution is -2.49. The highest BCUT2D eigenvalue weighted by Gasteiger charge is 2.25. The lowest BCUT2D eigenvalue weighted by atomic mass is 10.0. The van der Waals surface area contributed by atoms with Crippen LogP contribution in [0, 0.1) is 16.0 Å². The third-order valence-corrected chi connectivity index (χ3v) is 4.39. The van der Waals surface area contributed by atoms with Gasteiger partial charge < -0.3 is 10.1 Å². The summed E-state index contributed by atoms with van der Waals surface area (Å²) in [5.74, 6) is 0.226. The van der Waals surface area contributed by atoms with Gasteiger partial charge in [-0.3, -0.25) is 19.8 Å². The molecule has 0 amide bonds. The minimum atomic E-state index is -0.451. The number of morpholine rings is 1. The molecule has 132 valence electrons. The van der Waals surface area contributed by atoms with Crippen molar-refractivity contribution >= 4 is 17.2 Å². The van der Waals surface area contributed by atoms with Crippen LogP contribution in [-0.4, -0.2) is 54.5 Å². The Hall–Kier alpha value is -1.99. The molecule has 0 spiro atoms. The van der Waals surface area contributed by atoms with Gasteiger partial charge in [0.2, 0.25) is 0 Å². The number of ketones is 1. The Morgan fingerprint density at radius 2 is 2.04 bits per heavy atom. The molecule has 1 saturated heterocycles. The van der Waals surface area contributed by atoms with Crippen molar-refractivity contribution in [2.24, 2.45) is 5.92 Å². The predicted molar refractivity (Wildman–Crippen MR) is 92.6 cm³/mol. The lowest BCUT2D eigenvalue weighted by Gasteiger charge is -2.37. The molecule has 1 aromatic rings. The predicted octanol–water partition coefficient (Wildman–Crippen LogP) is 2.57. The van der Waals surface area contributed by atoms with Crippen LogP contribution in [0.5, 0.6) is 0 Å². The van der Waals surface area contributed by atoms with E-state index in [0.29, 0.717) is 23.7 Å². The van der Waals surface area contributed by atoms with Gasteiger partial charge in [-0.2, -0.15) is 0 Å². The normalized spacial score (nSPS) is 16.8. The minimum absolute atomic E-state index is 0.0628. The Morgan fingerprint density at radius 3 is 2.58 bits per heavy atom. The van der Waals surface area contributed by atoms with E-state index in [2.05, 4.69) is 24.1 Å². The molecule has 0 radical (unpaired) electrons. The third kappa shape index (κ3) is 4.52. The molecule has 1 aliphatic rings. The van der Waals surface area contributed by atoms with Crippen LogP contribution < -0.4 is 5.32 Å². The minimum Gasteiger partial charge on any atom is -0.379 e. The molecule has 24 heavy (non-hydrogen) atoms. The number of nitro groups is 1. The van der Waals surface area contributed by atoms with E-state index in [0.717, 1.165) is 26.3 Å². The number of Topliss-reactive ketones (excluding diaryl/α,β-unsaturated/α-hetero) is 1. The summed E-state index contributed by atoms with van der Waals surface area (Å²) in [6, 6.07) is 4.84. The molecular weight excluding hydrogens is 310 g/mol. The average molecular weight is 335 g/mol. The van der Waals surface area contributed by atoms with Gasteiger partial charge in [0.1, 0.15) is 5.69 Å². The summed E-state index contributed by atoms with van der Waals surface area (Å²) in [4.78, 5) is 24.6. The molecule has 7 heteroatoms. The summed E-state index contributed by atoms with van der Waals surface area (Å²) < 4.78 is 5.40. The van der Waals surface area contributed by atoms with Crippen LogP contribution in [0.3, 0.4) is 0 Å². The number of ether oxygens (including phenoxy) is 1. The van der Waals surface area contributed by atoms with Crippen LogP contribution in [0.2, 0.25) is 0 Å². The van der Waals surface area contributed by atoms with Crippen LogP contribution in [0.15, 0.2) is 18.2 Å². The second-order valence-electron chi connectivity index (χ2n) is 6.39. The first kappa shape index (κ1) is 18.4. The van der Waals surface area contributed by atoms with Crippen LogP contribution in [-0.2, 0) is 4.74 Å². The third-order valence-electron chi connectivity index (χ3n) is 4.39. The van der Waals surface area contributed by atoms with Gasteiger partial charge in [-0.25, -0.2) is 0 Å². The molecule has 0 aromatic heterocycles. The molecular formula is C17H25N3O4. The van der Waals surface area contributed by atoms with Gasteiger partial charge >= 0.3 is 0 Å². The number of rotatable bonds is 7. The highest BCUT2D eigenvalue weighted by Crippen LogP contribution is 2.26. The highest BCUT2D eigenvalue weighted by molar-refractivity contribution is 5.95. The molecule has 1 heterocycles. The summed E-state index contributed by atoms with van der Waals surface area (Å²) in [6.07, 6.45) is 0. The smallest absolute Gasteiger partial charge is 0.293 e. The zero-order chi connectivity index (χ0) is 17.7. The fraction of sp³-hybridized carbons (Fsp3) is 0.588. The molecule has 1 aliphatic heterocycles. The molecule has 0 aliphatic carbocycles. The maximum Gasteiger partial charge on any atom is 0.293 e. The monoisotopic (exact) mass is 335 g/mol. The summed E-state index contributed by atoms with van der Waals surface area (Å²) >= 11 is 0. The van der Waals surface area contributed by atoms with E-state index in [1.165, 1.54) is 13.0 Å². The summed E-state index contributed by atoms with van der Waals surface area (Å²) in [5.41, 5.74) is 0.733. The van der Waals surface area contributed by atoms with Gasteiger partial charge in [0, 0.05) is 37.3 Å². The van der Waals surface area contributed by atoms with Crippen molar-refractivity contribution in [3.8, 4) is 0 Å². The number of benzene rings is 1. The van der Waals surface area contributed by atoms with Gasteiger partial charge in [0.25, 0.3) is 5.69 Å². The first-order chi connectivity index (χ1) is 11.4. The molecule has 7 nitrogen and oxygen atoms in total. The van der Waals surface area contributed by atoms with Crippen molar-refractivity contribution < 1.29 is 14.5 Å². The van der Waals surface area contributed by atoms with Gasteiger partial charge in [0.05, 0.1) is 18.1 Å². The van der Waals surface area contributed by atoms with Crippen LogP contribution in [0.4, 0.5) is 11.4 Å². The van der Waals surface area contributed by atoms with Gasteiger partial charge in [-0.15, -0.1) is 0 Å². The van der Waals surface area contributed by atoms with E-state index >= 15 is 0 Å². The molecule has 0 unspecified atom stereocenters. The number of carbonyl (C=O) groups excluding carboxylic acids is 1. The zero-order valence-corrected chi connectivity index (χ0v) is 14.4. The van der Waals surface area contributed by atoms with Crippen molar-refractivity contribution in [3.63, 3.8) is 0 Å². The second-order valence-corrected chi connectivity index (χ2v) is 6.39. The standard InChI is InChI=1S/C17H25N3O4/c1-12(2)17(19-6-8-24-9-7-19)11-18-15-5-4-14(13(3)21)10-16(15)20(22)23/h4-5,10,12,17-18H,6-9,11H2,1-3H3/t17-/m1/s1. The number of carbonyl (C=O) groups is 1. The van der Waals surface area contributed by atoms with Crippen LogP contribution in [0.1, 0.15) is 31.1 Å². The number of nitrogens with one attached hydrogen (secondary N) is 1. The Morgan fingerprint density at radius 1 is 1.38 bits per heavy atom. The Kier molecular flexibility index (Phi) is 6.28. The molecule has 2 rings (SSSR count). The van der Waals surface area contributed by atoms with Gasteiger partial charge in [-0.05, 0) is 25.0 Å². The first-order valence-corrected chi connectivity index (χ1v) is 8.25. The first-order valence-electron chi connectivity index (χ1n) is 8.25. The molecule has 0 saturated carbocycles. The topological polar surface area (TPSA) is 84.7 Å². The van der Waals surface area contributed by atoms with Crippen molar-refractivity contribution in [2.45, 2.75) is 26.8 Å². The van der Waals surface area contributed by atoms with E-state index in [4.69, 9.17) is 4.74 Å². The molecule has 1 fully saturated rings. The summed E-state index contributed by atoms with van der Waals surface area (Å²) in [7, 11) is 0. The van der Waals surface area contributed by atoms with E-state index in [1.54, 1.807) is 12.1 Å². The number of nitrogens with zero attached hydrogens (tertiary/aromatic N) is 2. The van der Waals surface area contributed by atoms with E-state index in [9.17, 15) is 14.9 Å². The highest BCUT2D eigenvalue weighted by atomic mass is 16.6. The number of anilines is 1. The summed E-state index contributed by atoms with van der Waals surface area (Å²) in [6.45, 7) is 9.49. The molecule has 1 N–H and O–H groups in total.